The molecule has 0 spiro atoms. The topological polar surface area (TPSA) is 250 Å². The van der Waals surface area contributed by atoms with Crippen molar-refractivity contribution in [2.24, 2.45) is 0 Å². The maximum Gasteiger partial charge on any atom is 0.416 e. The van der Waals surface area contributed by atoms with Crippen molar-refractivity contribution in [3.8, 4) is 40.2 Å². The number of H-pyrrole nitrogens is 3. The first-order valence-electron chi connectivity index (χ1n) is 39.4. The Morgan fingerprint density at radius 3 is 1.08 bits per heavy atom. The van der Waals surface area contributed by atoms with E-state index >= 15 is 0 Å². The zero-order valence-electron chi connectivity index (χ0n) is 66.1. The number of hydrogen-bond acceptors (Lipinski definition) is 16. The average Bonchev–Trinajstić information content (AvgIpc) is 1.61. The minimum atomic E-state index is -0.810. The van der Waals surface area contributed by atoms with Gasteiger partial charge in [-0.25, -0.2) is 14.4 Å². The lowest BCUT2D eigenvalue weighted by atomic mass is 9.92. The van der Waals surface area contributed by atoms with Crippen LogP contribution in [-0.4, -0.2) is 154 Å². The number of aromatic nitrogens is 3. The van der Waals surface area contributed by atoms with Gasteiger partial charge in [0.1, 0.15) is 58.4 Å². The maximum atomic E-state index is 13.6. The number of aliphatic hydroxyl groups is 2. The second-order valence-electron chi connectivity index (χ2n) is 30.6. The van der Waals surface area contributed by atoms with Crippen molar-refractivity contribution in [2.45, 2.75) is 121 Å². The summed E-state index contributed by atoms with van der Waals surface area (Å²) in [5.41, 5.74) is 13.1. The molecule has 9 aromatic carbocycles. The smallest absolute Gasteiger partial charge is 0.416 e. The minimum absolute atomic E-state index is 0.0192. The van der Waals surface area contributed by atoms with Crippen LogP contribution in [0.3, 0.4) is 0 Å². The molecule has 5 aliphatic rings. The van der Waals surface area contributed by atoms with E-state index in [0.29, 0.717) is 121 Å². The number of carbonyl (C=O) groups excluding carboxylic acids is 3. The van der Waals surface area contributed by atoms with E-state index in [0.717, 1.165) is 108 Å². The first-order valence-corrected chi connectivity index (χ1v) is 40.9. The number of rotatable bonds is 20. The second kappa shape index (κ2) is 36.4. The normalized spacial score (nSPS) is 18.6. The standard InChI is InChI=1S/C32H33ClN2O6.C32H33ClN2O5.C28H26Cl2N2O5/c1-32(2)39-19-25(41-32)15-17-38-23-7-4-20(5-8-23)30-29-26(27-18-21(33)6-13-28(27)34-29)14-16-35(30)31(36)40-24-11-9-22(37-3)10-12-24;1-20-4-9-24(10-5-20)39-31(36)35-16-14-26-27-18-22(33)8-13-28(27)34-29(26)30(35)21-6-11-23(12-7-21)37-17-15-25-19-38-32(2,3)40-25;29-18-3-8-22(9-4-18)37-28(35)32-13-11-23-24-15-19(30)5-10-25(24)31-26(23)27(32)17-1-6-21(7-2-17)36-14-12-20(34)16-33/h4-13,18,25,30,34H,14-17,19H2,1-3H3;4-13,18,25,30,34H,14-17,19H2,1-3H3;1-10,15,20,27,31,33-34H,11-14,16H2/t2*25-,30?;20-,27?/m000/s1. The van der Waals surface area contributed by atoms with Gasteiger partial charge in [-0.1, -0.05) is 100 Å². The molecule has 0 saturated carbocycles. The Morgan fingerprint density at radius 2 is 0.754 bits per heavy atom. The van der Waals surface area contributed by atoms with Crippen molar-refractivity contribution in [1.29, 1.82) is 0 Å². The van der Waals surface area contributed by atoms with Crippen molar-refractivity contribution < 1.29 is 76.7 Å². The molecular weight excluding hydrogens is 1590 g/mol. The zero-order chi connectivity index (χ0) is 82.4. The van der Waals surface area contributed by atoms with Crippen molar-refractivity contribution >= 4 is 97.4 Å². The third-order valence-electron chi connectivity index (χ3n) is 21.5. The number of halogens is 4. The van der Waals surface area contributed by atoms with Gasteiger partial charge in [-0.05, 0) is 239 Å². The number of nitrogens with zero attached hydrogens (tertiary/aromatic N) is 3. The highest BCUT2D eigenvalue weighted by molar-refractivity contribution is 6.32. The fraction of sp³-hybridized carbons (Fsp3) is 0.315. The molecule has 3 amide bonds. The molecule has 6 atom stereocenters. The number of benzene rings is 9. The predicted octanol–water partition coefficient (Wildman–Crippen LogP) is 19.8. The Morgan fingerprint density at radius 1 is 0.441 bits per heavy atom. The van der Waals surface area contributed by atoms with E-state index in [4.69, 9.17) is 104 Å². The summed E-state index contributed by atoms with van der Waals surface area (Å²) in [5, 5.41) is 24.3. The molecule has 22 nitrogen and oxygen atoms in total. The highest BCUT2D eigenvalue weighted by Gasteiger charge is 2.41. The van der Waals surface area contributed by atoms with Gasteiger partial charge in [0, 0.05) is 109 Å². The van der Waals surface area contributed by atoms with E-state index in [2.05, 4.69) is 15.0 Å². The molecule has 118 heavy (non-hydrogen) atoms. The molecule has 2 fully saturated rings. The van der Waals surface area contributed by atoms with Crippen molar-refractivity contribution in [3.05, 3.63) is 276 Å². The quantitative estimate of drug-likeness (QED) is 0.0476. The third kappa shape index (κ3) is 19.4. The molecule has 26 heteroatoms. The van der Waals surface area contributed by atoms with Crippen LogP contribution in [0.5, 0.6) is 40.2 Å². The summed E-state index contributed by atoms with van der Waals surface area (Å²) in [6.45, 7) is 13.3. The lowest BCUT2D eigenvalue weighted by Crippen LogP contribution is -2.42. The Labute approximate surface area is 703 Å². The van der Waals surface area contributed by atoms with Gasteiger partial charge >= 0.3 is 18.3 Å². The van der Waals surface area contributed by atoms with E-state index in [1.165, 1.54) is 5.56 Å². The zero-order valence-corrected chi connectivity index (χ0v) is 69.1. The molecule has 2 saturated heterocycles. The number of aliphatic hydroxyl groups excluding tert-OH is 2. The number of amides is 3. The SMILES string of the molecule is COc1ccc(OC(=O)N2CCc3c([nH]c4ccc(Cl)cc34)C2c2ccc(OCC[C@H]3COC(C)(C)O3)cc2)cc1.Cc1ccc(OC(=O)N2CCc3c([nH]c4ccc(Cl)cc34)C2c2ccc(OCC[C@H]3COC(C)(C)O3)cc2)cc1.O=C(Oc1ccc(Cl)cc1)N1CCc2c([nH]c3ccc(Cl)cc23)C1c1ccc(OCC[C@H](O)CO)cc1. The molecule has 0 aliphatic carbocycles. The Bertz CT molecular complexity index is 5510. The van der Waals surface area contributed by atoms with Gasteiger partial charge in [-0.2, -0.15) is 0 Å². The number of fused-ring (bicyclic) bond motifs is 9. The number of methoxy groups -OCH3 is 1. The Hall–Kier alpha value is -10.5. The molecule has 12 aromatic rings. The summed E-state index contributed by atoms with van der Waals surface area (Å²) < 4.78 is 63.3. The van der Waals surface area contributed by atoms with Gasteiger partial charge in [-0.15, -0.1) is 0 Å². The number of aryl methyl sites for hydroxylation is 1. The number of ether oxygens (including phenoxy) is 11. The van der Waals surface area contributed by atoms with Crippen LogP contribution in [0, 0.1) is 6.92 Å². The van der Waals surface area contributed by atoms with Crippen LogP contribution in [0.15, 0.2) is 200 Å². The van der Waals surface area contributed by atoms with Crippen molar-refractivity contribution in [3.63, 3.8) is 0 Å². The summed E-state index contributed by atoms with van der Waals surface area (Å²) in [4.78, 5) is 56.4. The Kier molecular flexibility index (Phi) is 25.5. The molecule has 0 bridgehead atoms. The van der Waals surface area contributed by atoms with E-state index in [1.807, 2.05) is 186 Å². The minimum Gasteiger partial charge on any atom is -0.497 e. The van der Waals surface area contributed by atoms with Crippen molar-refractivity contribution in [1.82, 2.24) is 29.7 Å². The molecule has 8 heterocycles. The fourth-order valence-electron chi connectivity index (χ4n) is 15.7. The van der Waals surface area contributed by atoms with Gasteiger partial charge in [0.2, 0.25) is 0 Å². The van der Waals surface area contributed by atoms with Crippen LogP contribution in [-0.2, 0) is 38.2 Å². The van der Waals surface area contributed by atoms with Crippen LogP contribution < -0.4 is 33.2 Å². The van der Waals surface area contributed by atoms with E-state index in [9.17, 15) is 19.5 Å². The fourth-order valence-corrected chi connectivity index (χ4v) is 16.4. The van der Waals surface area contributed by atoms with Crippen LogP contribution >= 0.6 is 46.4 Å². The molecule has 17 rings (SSSR count). The van der Waals surface area contributed by atoms with E-state index < -0.39 is 42.0 Å². The summed E-state index contributed by atoms with van der Waals surface area (Å²) in [5.74, 6) is 3.14. The first kappa shape index (κ1) is 82.6. The second-order valence-corrected chi connectivity index (χ2v) is 32.3. The van der Waals surface area contributed by atoms with E-state index in [-0.39, 0.29) is 37.5 Å². The highest BCUT2D eigenvalue weighted by Crippen LogP contribution is 2.45. The lowest BCUT2D eigenvalue weighted by Gasteiger charge is -2.35. The number of aromatic amines is 3. The molecule has 614 valence electrons. The summed E-state index contributed by atoms with van der Waals surface area (Å²) >= 11 is 24.9. The molecule has 0 radical (unpaired) electrons. The molecular formula is C92H92Cl4N6O16. The van der Waals surface area contributed by atoms with Gasteiger partial charge in [0.15, 0.2) is 11.6 Å². The highest BCUT2D eigenvalue weighted by atomic mass is 35.5. The number of hydrogen-bond donors (Lipinski definition) is 5. The number of nitrogens with one attached hydrogen (secondary N) is 3. The molecule has 5 aliphatic heterocycles. The first-order chi connectivity index (χ1) is 57.0. The van der Waals surface area contributed by atoms with Gasteiger partial charge in [-0.3, -0.25) is 14.7 Å². The van der Waals surface area contributed by atoms with Crippen molar-refractivity contribution in [2.75, 3.05) is 66.4 Å². The van der Waals surface area contributed by atoms with Crippen LogP contribution in [0.1, 0.15) is 121 Å². The van der Waals surface area contributed by atoms with Gasteiger partial charge in [0.05, 0.1) is 65.1 Å². The van der Waals surface area contributed by atoms with Gasteiger partial charge < -0.3 is 77.3 Å². The largest absolute Gasteiger partial charge is 0.497 e. The molecule has 3 aromatic heterocycles. The molecule has 5 N–H and O–H groups in total. The van der Waals surface area contributed by atoms with Crippen LogP contribution in [0.4, 0.5) is 14.4 Å². The van der Waals surface area contributed by atoms with Gasteiger partial charge in [0.25, 0.3) is 0 Å². The maximum absolute atomic E-state index is 13.6. The average molecular weight is 1680 g/mol. The van der Waals surface area contributed by atoms with Crippen LogP contribution in [0.2, 0.25) is 20.1 Å². The lowest BCUT2D eigenvalue weighted by molar-refractivity contribution is -0.140. The van der Waals surface area contributed by atoms with E-state index in [1.54, 1.807) is 70.3 Å². The predicted molar refractivity (Wildman–Crippen MR) is 453 cm³/mol. The summed E-state index contributed by atoms with van der Waals surface area (Å²) in [7, 11) is 1.60. The summed E-state index contributed by atoms with van der Waals surface area (Å²) in [6.07, 6.45) is 1.78. The monoisotopic (exact) mass is 1680 g/mol. The number of carbonyl (C=O) groups is 3. The van der Waals surface area contributed by atoms with Crippen LogP contribution in [0.25, 0.3) is 32.7 Å². The molecule has 3 unspecified atom stereocenters. The Balaban J connectivity index is 0.000000139. The summed E-state index contributed by atoms with van der Waals surface area (Å²) in [6, 6.07) is 60.7. The third-order valence-corrected chi connectivity index (χ3v) is 22.5.